The second-order valence-electron chi connectivity index (χ2n) is 28.9. The van der Waals surface area contributed by atoms with Crippen molar-refractivity contribution in [2.75, 3.05) is 47.4 Å². The van der Waals surface area contributed by atoms with Gasteiger partial charge in [-0.3, -0.25) is 57.9 Å². The fourth-order valence-electron chi connectivity index (χ4n) is 14.8. The fraction of sp³-hybridized carbons (Fsp3) is 0.432. The molecule has 98 heavy (non-hydrogen) atoms. The molecule has 4 fully saturated rings. The minimum atomic E-state index is -0.965. The topological polar surface area (TPSA) is 339 Å². The van der Waals surface area contributed by atoms with E-state index in [1.807, 2.05) is 135 Å². The molecule has 0 aromatic heterocycles. The quantitative estimate of drug-likeness (QED) is 0.0650. The van der Waals surface area contributed by atoms with Gasteiger partial charge in [0, 0.05) is 74.1 Å². The normalized spacial score (nSPS) is 25.2. The number of hydrogen-bond donors (Lipinski definition) is 7. The van der Waals surface area contributed by atoms with Crippen molar-refractivity contribution in [3.63, 3.8) is 0 Å². The predicted molar refractivity (Wildman–Crippen MR) is 364 cm³/mol. The number of fused-ring (bicyclic) bond motifs is 8. The fourth-order valence-corrected chi connectivity index (χ4v) is 14.8. The monoisotopic (exact) mass is 1330 g/mol. The van der Waals surface area contributed by atoms with Gasteiger partial charge in [-0.05, 0) is 125 Å². The number of carbonyl (C=O) groups is 10. The van der Waals surface area contributed by atoms with Gasteiger partial charge in [-0.2, -0.15) is 5.26 Å². The number of primary amides is 2. The van der Waals surface area contributed by atoms with Crippen LogP contribution in [0.2, 0.25) is 0 Å². The van der Waals surface area contributed by atoms with Crippen molar-refractivity contribution in [1.82, 2.24) is 20.0 Å². The van der Waals surface area contributed by atoms with Gasteiger partial charge in [-0.1, -0.05) is 117 Å². The average molecular weight is 1330 g/mol. The molecule has 8 heterocycles. The van der Waals surface area contributed by atoms with E-state index < -0.39 is 87.1 Å². The SMILES string of the molecule is CC(C)(C)OC(=O)N1C[C@]2(C[C@H]1C#N)C(=O)Nc1ccccc12.CC(C)(C)OC(=O)N1C[C@]2(C[C@H]1C(N)=O)C(=O)Nc1ccccc12.NC(=O)[C@@H]1C[C@@]2(CN1)C(=O)Nc1ccccc12.[C-]#[N+][C@@H]1C[C@@]2(CN1C(=O)[C@@H](CC(=O)CCc1ccccc1)CC(C)C)C(=O)Nc1ccccc12. The maximum atomic E-state index is 13.7. The molecule has 9 amide bonds. The zero-order chi connectivity index (χ0) is 70.9. The maximum Gasteiger partial charge on any atom is 0.411 e. The molecule has 24 heteroatoms. The highest BCUT2D eigenvalue weighted by Gasteiger charge is 2.61. The molecule has 0 saturated carbocycles. The number of anilines is 4. The molecule has 512 valence electrons. The average Bonchev–Trinajstić information content (AvgIpc) is 1.59. The number of benzene rings is 5. The summed E-state index contributed by atoms with van der Waals surface area (Å²) in [5, 5.41) is 23.9. The van der Waals surface area contributed by atoms with Crippen LogP contribution in [-0.2, 0) is 75.9 Å². The second kappa shape index (κ2) is 27.6. The number of likely N-dealkylation sites (tertiary alicyclic amines) is 3. The Morgan fingerprint density at radius 1 is 0.582 bits per heavy atom. The van der Waals surface area contributed by atoms with Crippen LogP contribution < -0.4 is 38.1 Å². The standard InChI is InChI=1S/C28H31N3O3.C17H21N3O4.C17H19N3O3.C12H13N3O2/c1-19(2)15-21(16-22(32)14-13-20-9-5-4-6-10-20)26(33)31-18-28(17-25(31)29-3)23-11-7-8-12-24(23)30-27(28)34;1-16(2,3)24-15(23)20-9-17(8-12(20)13(18)21)10-6-4-5-7-11(10)19-14(17)22;1-16(2,3)23-15(22)20-10-17(8-11(20)9-18)12-6-4-5-7-13(12)19-14(17)21;13-10(16)9-5-12(6-14-9)7-3-1-2-4-8(7)15-11(12)17/h4-12,19,21,25H,13-18H2,1-2H3,(H,30,34);4-7,12H,8-9H2,1-3H3,(H2,18,21)(H,19,22);4-7,11H,8,10H2,1-3H3,(H,19,21);1-4,9,14H,5-6H2,(H2,13,16)(H,15,17)/t21-,25+,28+;12-,17-;11-,17-;9-,12-/m1000/s1. The van der Waals surface area contributed by atoms with Crippen LogP contribution in [0, 0.1) is 29.7 Å². The van der Waals surface area contributed by atoms with Crippen molar-refractivity contribution in [2.45, 2.75) is 164 Å². The lowest BCUT2D eigenvalue weighted by molar-refractivity contribution is -0.139. The zero-order valence-electron chi connectivity index (χ0n) is 56.4. The Bertz CT molecular complexity index is 4100. The first-order chi connectivity index (χ1) is 46.4. The molecule has 0 radical (unpaired) electrons. The van der Waals surface area contributed by atoms with E-state index in [-0.39, 0.29) is 86.6 Å². The van der Waals surface area contributed by atoms with Gasteiger partial charge in [0.05, 0.1) is 34.8 Å². The molecule has 9 atom stereocenters. The van der Waals surface area contributed by atoms with Gasteiger partial charge in [-0.25, -0.2) is 16.2 Å². The van der Waals surface area contributed by atoms with Gasteiger partial charge < -0.3 is 47.5 Å². The van der Waals surface area contributed by atoms with E-state index in [0.29, 0.717) is 37.9 Å². The van der Waals surface area contributed by atoms with Crippen molar-refractivity contribution in [3.8, 4) is 6.07 Å². The first-order valence-corrected chi connectivity index (χ1v) is 33.0. The third-order valence-electron chi connectivity index (χ3n) is 19.4. The van der Waals surface area contributed by atoms with Crippen molar-refractivity contribution in [1.29, 1.82) is 5.26 Å². The van der Waals surface area contributed by atoms with Crippen LogP contribution in [0.25, 0.3) is 4.85 Å². The van der Waals surface area contributed by atoms with Gasteiger partial charge in [0.2, 0.25) is 41.4 Å². The Morgan fingerprint density at radius 3 is 1.44 bits per heavy atom. The van der Waals surface area contributed by atoms with Crippen LogP contribution in [0.5, 0.6) is 0 Å². The number of ether oxygens (including phenoxy) is 2. The van der Waals surface area contributed by atoms with E-state index in [2.05, 4.69) is 37.5 Å². The number of para-hydroxylation sites is 4. The summed E-state index contributed by atoms with van der Waals surface area (Å²) in [7, 11) is 0. The maximum absolute atomic E-state index is 13.7. The van der Waals surface area contributed by atoms with Gasteiger partial charge in [0.25, 0.3) is 0 Å². The van der Waals surface area contributed by atoms with Crippen LogP contribution in [0.3, 0.4) is 0 Å². The summed E-state index contributed by atoms with van der Waals surface area (Å²) in [6.45, 7) is 23.2. The third-order valence-corrected chi connectivity index (χ3v) is 19.4. The molecule has 24 nitrogen and oxygen atoms in total. The number of ketones is 1. The van der Waals surface area contributed by atoms with Crippen LogP contribution in [0.15, 0.2) is 127 Å². The number of carbonyl (C=O) groups excluding carboxylic acids is 10. The van der Waals surface area contributed by atoms with E-state index >= 15 is 0 Å². The first-order valence-electron chi connectivity index (χ1n) is 33.0. The van der Waals surface area contributed by atoms with Gasteiger partial charge in [0.15, 0.2) is 0 Å². The van der Waals surface area contributed by atoms with Crippen molar-refractivity contribution >= 4 is 82.1 Å². The highest BCUT2D eigenvalue weighted by molar-refractivity contribution is 6.10. The number of nitrogens with two attached hydrogens (primary N) is 2. The lowest BCUT2D eigenvalue weighted by Crippen LogP contribution is -2.46. The molecule has 8 aliphatic rings. The van der Waals surface area contributed by atoms with Gasteiger partial charge in [-0.15, -0.1) is 0 Å². The largest absolute Gasteiger partial charge is 0.444 e. The second-order valence-corrected chi connectivity index (χ2v) is 28.9. The Kier molecular flexibility index (Phi) is 19.8. The van der Waals surface area contributed by atoms with E-state index in [0.717, 1.165) is 44.9 Å². The number of amides is 9. The Hall–Kier alpha value is -10.5. The molecule has 5 aromatic rings. The molecular weight excluding hydrogens is 1250 g/mol. The van der Waals surface area contributed by atoms with E-state index in [1.54, 1.807) is 52.5 Å². The highest BCUT2D eigenvalue weighted by Crippen LogP contribution is 2.50. The number of nitrogens with one attached hydrogen (secondary N) is 5. The van der Waals surface area contributed by atoms with Crippen LogP contribution in [-0.4, -0.2) is 136 Å². The van der Waals surface area contributed by atoms with Crippen molar-refractivity contribution in [3.05, 3.63) is 167 Å². The van der Waals surface area contributed by atoms with E-state index in [4.69, 9.17) is 27.5 Å². The van der Waals surface area contributed by atoms with Gasteiger partial charge >= 0.3 is 18.4 Å². The summed E-state index contributed by atoms with van der Waals surface area (Å²) in [4.78, 5) is 133. The van der Waals surface area contributed by atoms with Crippen LogP contribution in [0.4, 0.5) is 32.3 Å². The molecule has 0 unspecified atom stereocenters. The molecule has 9 N–H and O–H groups in total. The summed E-state index contributed by atoms with van der Waals surface area (Å²) >= 11 is 0. The summed E-state index contributed by atoms with van der Waals surface area (Å²) in [5.41, 5.74) is 13.6. The molecule has 0 aliphatic carbocycles. The number of nitriles is 1. The number of hydrogen-bond acceptors (Lipinski definition) is 14. The minimum absolute atomic E-state index is 0.0463. The Labute approximate surface area is 569 Å². The number of Topliss-reactive ketones (excluding diaryl/α,β-unsaturated/α-hetero) is 1. The Morgan fingerprint density at radius 2 is 1.00 bits per heavy atom. The van der Waals surface area contributed by atoms with Crippen molar-refractivity contribution in [2.24, 2.45) is 23.3 Å². The van der Waals surface area contributed by atoms with E-state index in [9.17, 15) is 53.2 Å². The summed E-state index contributed by atoms with van der Waals surface area (Å²) in [6, 6.07) is 39.8. The highest BCUT2D eigenvalue weighted by atomic mass is 16.6. The smallest absolute Gasteiger partial charge is 0.411 e. The summed E-state index contributed by atoms with van der Waals surface area (Å²) < 4.78 is 10.8. The molecule has 0 bridgehead atoms. The van der Waals surface area contributed by atoms with Crippen LogP contribution in [0.1, 0.15) is 128 Å². The van der Waals surface area contributed by atoms with E-state index in [1.165, 1.54) is 9.80 Å². The van der Waals surface area contributed by atoms with Crippen molar-refractivity contribution < 1.29 is 57.4 Å². The number of aryl methyl sites for hydroxylation is 1. The lowest BCUT2D eigenvalue weighted by atomic mass is 9.79. The molecule has 13 rings (SSSR count). The minimum Gasteiger partial charge on any atom is -0.444 e. The third kappa shape index (κ3) is 13.9. The number of rotatable bonds is 10. The van der Waals surface area contributed by atoms with Crippen LogP contribution >= 0.6 is 0 Å². The predicted octanol–water partition coefficient (Wildman–Crippen LogP) is 8.11. The van der Waals surface area contributed by atoms with Gasteiger partial charge in [0.1, 0.15) is 34.5 Å². The Balaban J connectivity index is 0.000000146. The molecular formula is C74H84N12O12. The number of nitrogens with zero attached hydrogens (tertiary/aromatic N) is 5. The molecule has 4 spiro atoms. The first kappa shape index (κ1) is 70.3. The molecule has 4 saturated heterocycles. The zero-order valence-corrected chi connectivity index (χ0v) is 56.4. The molecule has 5 aromatic carbocycles. The lowest BCUT2D eigenvalue weighted by Gasteiger charge is -2.27. The summed E-state index contributed by atoms with van der Waals surface area (Å²) in [6.07, 6.45) is 1.03. The molecule has 8 aliphatic heterocycles. The summed E-state index contributed by atoms with van der Waals surface area (Å²) in [5.74, 6) is -2.01.